The number of hydrogen-bond acceptors (Lipinski definition) is 3. The molecule has 2 rings (SSSR count). The third kappa shape index (κ3) is 3.39. The minimum absolute atomic E-state index is 0.0554. The number of nitrogens with one attached hydrogen (secondary N) is 2. The molecule has 4 heteroatoms. The summed E-state index contributed by atoms with van der Waals surface area (Å²) in [6.07, 6.45) is 8.28. The summed E-state index contributed by atoms with van der Waals surface area (Å²) in [6.45, 7) is 8.56. The predicted octanol–water partition coefficient (Wildman–Crippen LogP) is 3.11. The zero-order chi connectivity index (χ0) is 15.2. The molecule has 1 aromatic rings. The normalized spacial score (nSPS) is 19.2. The molecule has 0 saturated carbocycles. The van der Waals surface area contributed by atoms with Gasteiger partial charge < -0.3 is 10.6 Å². The van der Waals surface area contributed by atoms with Crippen molar-refractivity contribution in [3.63, 3.8) is 0 Å². The van der Waals surface area contributed by atoms with Crippen molar-refractivity contribution in [2.75, 3.05) is 13.6 Å². The Balaban J connectivity index is 2.23. The van der Waals surface area contributed by atoms with E-state index in [4.69, 9.17) is 0 Å². The third-order valence-corrected chi connectivity index (χ3v) is 3.84. The van der Waals surface area contributed by atoms with E-state index < -0.39 is 0 Å². The Hall–Kier alpha value is -1.94. The Morgan fingerprint density at radius 3 is 3.00 bits per heavy atom. The van der Waals surface area contributed by atoms with Gasteiger partial charge in [-0.05, 0) is 31.5 Å². The maximum Gasteiger partial charge on any atom is 0.146 e. The molecule has 2 unspecified atom stereocenters. The van der Waals surface area contributed by atoms with Gasteiger partial charge in [-0.25, -0.2) is 4.39 Å². The summed E-state index contributed by atoms with van der Waals surface area (Å²) in [6, 6.07) is 1.68. The summed E-state index contributed by atoms with van der Waals surface area (Å²) in [5.74, 6) is 0.0314. The third-order valence-electron chi connectivity index (χ3n) is 3.84. The maximum absolute atomic E-state index is 13.9. The lowest BCUT2D eigenvalue weighted by Crippen LogP contribution is -2.27. The van der Waals surface area contributed by atoms with Gasteiger partial charge in [0.15, 0.2) is 0 Å². The number of hydrogen-bond donors (Lipinski definition) is 2. The molecule has 1 aliphatic rings. The Morgan fingerprint density at radius 2 is 2.38 bits per heavy atom. The highest BCUT2D eigenvalue weighted by atomic mass is 19.1. The van der Waals surface area contributed by atoms with Gasteiger partial charge in [0.25, 0.3) is 0 Å². The van der Waals surface area contributed by atoms with Gasteiger partial charge in [-0.15, -0.1) is 6.58 Å². The number of allylic oxidation sites excluding steroid dienone is 2. The van der Waals surface area contributed by atoms with E-state index >= 15 is 0 Å². The molecule has 0 fully saturated rings. The van der Waals surface area contributed by atoms with Gasteiger partial charge in [0.05, 0.1) is 12.2 Å². The van der Waals surface area contributed by atoms with Crippen LogP contribution in [0.5, 0.6) is 0 Å². The standard InChI is InChI=1S/C17H22FN3/c1-4-6-13(10-19-3)17-12(5-2)9-16(21-17)14-7-8-20-11-15(14)18/h4-5,7-8,11,13,16,19,21H,1-2,6,9-10H2,3H3. The molecule has 1 aromatic heterocycles. The zero-order valence-corrected chi connectivity index (χ0v) is 12.4. The lowest BCUT2D eigenvalue weighted by atomic mass is 9.97. The minimum atomic E-state index is -0.270. The Morgan fingerprint density at radius 1 is 1.57 bits per heavy atom. The molecule has 0 aliphatic carbocycles. The predicted molar refractivity (Wildman–Crippen MR) is 84.1 cm³/mol. The Bertz CT molecular complexity index is 551. The summed E-state index contributed by atoms with van der Waals surface area (Å²) in [5.41, 5.74) is 2.94. The molecule has 1 aliphatic heterocycles. The summed E-state index contributed by atoms with van der Waals surface area (Å²) < 4.78 is 13.9. The van der Waals surface area contributed by atoms with E-state index in [1.54, 1.807) is 12.3 Å². The van der Waals surface area contributed by atoms with Crippen LogP contribution in [0.4, 0.5) is 4.39 Å². The molecule has 0 amide bonds. The van der Waals surface area contributed by atoms with E-state index in [0.717, 1.165) is 30.7 Å². The van der Waals surface area contributed by atoms with Crippen molar-refractivity contribution in [2.24, 2.45) is 5.92 Å². The van der Waals surface area contributed by atoms with Crippen LogP contribution in [-0.2, 0) is 0 Å². The van der Waals surface area contributed by atoms with Gasteiger partial charge >= 0.3 is 0 Å². The molecule has 0 bridgehead atoms. The topological polar surface area (TPSA) is 37.0 Å². The van der Waals surface area contributed by atoms with Gasteiger partial charge in [0.1, 0.15) is 5.82 Å². The average molecular weight is 287 g/mol. The average Bonchev–Trinajstić information content (AvgIpc) is 2.91. The first-order valence-electron chi connectivity index (χ1n) is 7.18. The second-order valence-electron chi connectivity index (χ2n) is 5.22. The zero-order valence-electron chi connectivity index (χ0n) is 12.4. The molecular formula is C17H22FN3. The summed E-state index contributed by atoms with van der Waals surface area (Å²) >= 11 is 0. The first kappa shape index (κ1) is 15.4. The minimum Gasteiger partial charge on any atom is -0.381 e. The van der Waals surface area contributed by atoms with E-state index in [1.807, 2.05) is 19.2 Å². The molecule has 0 spiro atoms. The van der Waals surface area contributed by atoms with Crippen LogP contribution < -0.4 is 10.6 Å². The number of aromatic nitrogens is 1. The van der Waals surface area contributed by atoms with E-state index in [0.29, 0.717) is 11.5 Å². The van der Waals surface area contributed by atoms with Crippen LogP contribution in [0.1, 0.15) is 24.4 Å². The number of halogens is 1. The quantitative estimate of drug-likeness (QED) is 0.757. The Kier molecular flexibility index (Phi) is 5.28. The van der Waals surface area contributed by atoms with Crippen molar-refractivity contribution in [3.8, 4) is 0 Å². The fraction of sp³-hybridized carbons (Fsp3) is 0.353. The first-order chi connectivity index (χ1) is 10.2. The van der Waals surface area contributed by atoms with Gasteiger partial charge in [-0.2, -0.15) is 0 Å². The summed E-state index contributed by atoms with van der Waals surface area (Å²) in [7, 11) is 1.93. The van der Waals surface area contributed by atoms with E-state index in [-0.39, 0.29) is 11.9 Å². The van der Waals surface area contributed by atoms with Crippen LogP contribution in [0, 0.1) is 11.7 Å². The molecule has 0 aromatic carbocycles. The fourth-order valence-electron chi connectivity index (χ4n) is 2.84. The monoisotopic (exact) mass is 287 g/mol. The van der Waals surface area contributed by atoms with Crippen molar-refractivity contribution < 1.29 is 4.39 Å². The molecule has 0 radical (unpaired) electrons. The lowest BCUT2D eigenvalue weighted by molar-refractivity contribution is 0.506. The number of pyridine rings is 1. The first-order valence-corrected chi connectivity index (χ1v) is 7.18. The van der Waals surface area contributed by atoms with Crippen LogP contribution in [0.2, 0.25) is 0 Å². The molecule has 0 saturated heterocycles. The van der Waals surface area contributed by atoms with E-state index in [2.05, 4.69) is 28.8 Å². The maximum atomic E-state index is 13.9. The van der Waals surface area contributed by atoms with Gasteiger partial charge in [-0.1, -0.05) is 18.7 Å². The van der Waals surface area contributed by atoms with Crippen LogP contribution in [0.15, 0.2) is 55.0 Å². The van der Waals surface area contributed by atoms with Crippen molar-refractivity contribution in [3.05, 3.63) is 66.4 Å². The number of rotatable bonds is 7. The SMILES string of the molecule is C=CCC(CNC)C1=C(C=C)CC(c2ccncc2F)N1. The highest BCUT2D eigenvalue weighted by Crippen LogP contribution is 2.35. The fourth-order valence-corrected chi connectivity index (χ4v) is 2.84. The van der Waals surface area contributed by atoms with Crippen molar-refractivity contribution in [1.82, 2.24) is 15.6 Å². The van der Waals surface area contributed by atoms with Crippen molar-refractivity contribution in [2.45, 2.75) is 18.9 Å². The van der Waals surface area contributed by atoms with Crippen LogP contribution in [0.3, 0.4) is 0 Å². The van der Waals surface area contributed by atoms with Crippen LogP contribution in [0.25, 0.3) is 0 Å². The summed E-state index contributed by atoms with van der Waals surface area (Å²) in [5, 5.41) is 6.67. The van der Waals surface area contributed by atoms with Gasteiger partial charge in [0.2, 0.25) is 0 Å². The smallest absolute Gasteiger partial charge is 0.146 e. The lowest BCUT2D eigenvalue weighted by Gasteiger charge is -2.21. The summed E-state index contributed by atoms with van der Waals surface area (Å²) in [4.78, 5) is 3.81. The second kappa shape index (κ2) is 7.18. The van der Waals surface area contributed by atoms with Crippen molar-refractivity contribution >= 4 is 0 Å². The van der Waals surface area contributed by atoms with Gasteiger partial charge in [0, 0.05) is 29.9 Å². The van der Waals surface area contributed by atoms with Crippen LogP contribution in [-0.4, -0.2) is 18.6 Å². The molecular weight excluding hydrogens is 265 g/mol. The largest absolute Gasteiger partial charge is 0.381 e. The molecule has 21 heavy (non-hydrogen) atoms. The van der Waals surface area contributed by atoms with Crippen LogP contribution >= 0.6 is 0 Å². The molecule has 2 N–H and O–H groups in total. The highest BCUT2D eigenvalue weighted by molar-refractivity contribution is 5.35. The van der Waals surface area contributed by atoms with Gasteiger partial charge in [-0.3, -0.25) is 4.98 Å². The molecule has 112 valence electrons. The van der Waals surface area contributed by atoms with Crippen molar-refractivity contribution in [1.29, 1.82) is 0 Å². The number of nitrogens with zero attached hydrogens (tertiary/aromatic N) is 1. The van der Waals surface area contributed by atoms with E-state index in [1.165, 1.54) is 6.20 Å². The molecule has 2 heterocycles. The second-order valence-corrected chi connectivity index (χ2v) is 5.22. The Labute approximate surface area is 125 Å². The molecule has 2 atom stereocenters. The molecule has 3 nitrogen and oxygen atoms in total. The highest BCUT2D eigenvalue weighted by Gasteiger charge is 2.28. The van der Waals surface area contributed by atoms with E-state index in [9.17, 15) is 4.39 Å².